The van der Waals surface area contributed by atoms with E-state index < -0.39 is 26.5 Å². The summed E-state index contributed by atoms with van der Waals surface area (Å²) in [7, 11) is -4.01. The number of hydrogen-bond acceptors (Lipinski definition) is 4. The number of hydrogen-bond donors (Lipinski definition) is 1. The lowest BCUT2D eigenvalue weighted by atomic mass is 10.3. The van der Waals surface area contributed by atoms with Crippen molar-refractivity contribution in [3.63, 3.8) is 0 Å². The van der Waals surface area contributed by atoms with Crippen LogP contribution in [0.2, 0.25) is 0 Å². The molecule has 6 nitrogen and oxygen atoms in total. The van der Waals surface area contributed by atoms with Crippen molar-refractivity contribution in [2.24, 2.45) is 0 Å². The molecular weight excluding hydrogens is 367 g/mol. The molecule has 2 rings (SSSR count). The van der Waals surface area contributed by atoms with Crippen molar-refractivity contribution >= 4 is 37.3 Å². The first-order valence-corrected chi connectivity index (χ1v) is 7.80. The van der Waals surface area contributed by atoms with Gasteiger partial charge in [-0.05, 0) is 34.1 Å². The van der Waals surface area contributed by atoms with Crippen LogP contribution in [0.25, 0.3) is 0 Å². The molecule has 0 saturated heterocycles. The molecule has 9 heteroatoms. The number of nitrogens with zero attached hydrogens (tertiary/aromatic N) is 1. The quantitative estimate of drug-likeness (QED) is 0.656. The molecule has 0 amide bonds. The Hall–Kier alpha value is -2.00. The number of nitro benzene ring substituents is 1. The van der Waals surface area contributed by atoms with Crippen LogP contribution < -0.4 is 4.72 Å². The molecule has 0 bridgehead atoms. The Bertz CT molecular complexity index is 811. The fourth-order valence-electron chi connectivity index (χ4n) is 1.56. The largest absolute Gasteiger partial charge is 0.277 e. The zero-order valence-electron chi connectivity index (χ0n) is 10.3. The second kappa shape index (κ2) is 5.78. The highest BCUT2D eigenvalue weighted by Crippen LogP contribution is 2.26. The monoisotopic (exact) mass is 374 g/mol. The number of benzene rings is 2. The van der Waals surface area contributed by atoms with Crippen LogP contribution in [0.1, 0.15) is 0 Å². The number of halogens is 2. The summed E-state index contributed by atoms with van der Waals surface area (Å²) in [6, 6.07) is 8.69. The molecule has 21 heavy (non-hydrogen) atoms. The van der Waals surface area contributed by atoms with Gasteiger partial charge in [-0.2, -0.15) is 0 Å². The molecule has 0 aliphatic rings. The zero-order chi connectivity index (χ0) is 15.6. The smallest absolute Gasteiger partial charge is 0.272 e. The minimum Gasteiger partial charge on any atom is -0.277 e. The van der Waals surface area contributed by atoms with E-state index in [1.807, 2.05) is 0 Å². The van der Waals surface area contributed by atoms with E-state index in [0.29, 0.717) is 10.5 Å². The summed E-state index contributed by atoms with van der Waals surface area (Å²) in [5.74, 6) is -1.03. The van der Waals surface area contributed by atoms with Crippen LogP contribution in [0.5, 0.6) is 0 Å². The lowest BCUT2D eigenvalue weighted by Crippen LogP contribution is -2.14. The molecule has 1 N–H and O–H groups in total. The number of nitrogens with one attached hydrogen (secondary N) is 1. The van der Waals surface area contributed by atoms with Crippen LogP contribution in [0.15, 0.2) is 51.8 Å². The predicted molar refractivity (Wildman–Crippen MR) is 78.0 cm³/mol. The summed E-state index contributed by atoms with van der Waals surface area (Å²) in [5, 5.41) is 10.5. The molecule has 0 fully saturated rings. The van der Waals surface area contributed by atoms with Gasteiger partial charge in [-0.25, -0.2) is 12.8 Å². The number of sulfonamides is 1. The molecule has 0 saturated carbocycles. The van der Waals surface area contributed by atoms with E-state index in [0.717, 1.165) is 12.1 Å². The molecule has 2 aromatic rings. The first-order valence-electron chi connectivity index (χ1n) is 5.52. The van der Waals surface area contributed by atoms with Gasteiger partial charge >= 0.3 is 0 Å². The topological polar surface area (TPSA) is 89.3 Å². The van der Waals surface area contributed by atoms with Crippen LogP contribution in [0.3, 0.4) is 0 Å². The first-order chi connectivity index (χ1) is 9.81. The average molecular weight is 375 g/mol. The Morgan fingerprint density at radius 3 is 2.43 bits per heavy atom. The van der Waals surface area contributed by atoms with Crippen molar-refractivity contribution in [1.29, 1.82) is 0 Å². The Balaban J connectivity index is 2.38. The second-order valence-electron chi connectivity index (χ2n) is 3.96. The van der Waals surface area contributed by atoms with Gasteiger partial charge < -0.3 is 0 Å². The molecule has 0 spiro atoms. The summed E-state index contributed by atoms with van der Waals surface area (Å²) in [6.07, 6.45) is 0. The number of rotatable bonds is 4. The van der Waals surface area contributed by atoms with E-state index in [4.69, 9.17) is 0 Å². The van der Waals surface area contributed by atoms with E-state index in [1.54, 1.807) is 6.07 Å². The number of non-ortho nitro benzene ring substituents is 1. The standard InChI is InChI=1S/C12H8BrFN2O4S/c13-9-3-1-2-4-12(9)21(19,20)15-11-6-5-8(16(17)18)7-10(11)14/h1-7,15H. The third-order valence-electron chi connectivity index (χ3n) is 2.53. The van der Waals surface area contributed by atoms with Crippen molar-refractivity contribution < 1.29 is 17.7 Å². The lowest BCUT2D eigenvalue weighted by Gasteiger charge is -2.10. The van der Waals surface area contributed by atoms with Crippen LogP contribution in [-0.2, 0) is 10.0 Å². The van der Waals surface area contributed by atoms with E-state index in [9.17, 15) is 22.9 Å². The van der Waals surface area contributed by atoms with Gasteiger partial charge in [-0.1, -0.05) is 12.1 Å². The molecule has 110 valence electrons. The normalized spacial score (nSPS) is 11.1. The van der Waals surface area contributed by atoms with Crippen LogP contribution >= 0.6 is 15.9 Å². The maximum Gasteiger partial charge on any atom is 0.272 e. The van der Waals surface area contributed by atoms with Crippen molar-refractivity contribution in [2.75, 3.05) is 4.72 Å². The SMILES string of the molecule is O=[N+]([O-])c1ccc(NS(=O)(=O)c2ccccc2Br)c(F)c1. The predicted octanol–water partition coefficient (Wildman–Crippen LogP) is 3.30. The van der Waals surface area contributed by atoms with E-state index in [-0.39, 0.29) is 10.6 Å². The third-order valence-corrected chi connectivity index (χ3v) is 4.91. The molecule has 0 aromatic heterocycles. The molecule has 0 unspecified atom stereocenters. The van der Waals surface area contributed by atoms with Crippen molar-refractivity contribution in [3.05, 3.63) is 62.9 Å². The minimum absolute atomic E-state index is 0.0669. The second-order valence-corrected chi connectivity index (χ2v) is 6.46. The van der Waals surface area contributed by atoms with Gasteiger partial charge in [0, 0.05) is 10.5 Å². The van der Waals surface area contributed by atoms with Gasteiger partial charge in [0.2, 0.25) is 0 Å². The van der Waals surface area contributed by atoms with Crippen molar-refractivity contribution in [2.45, 2.75) is 4.90 Å². The van der Waals surface area contributed by atoms with Gasteiger partial charge in [-0.15, -0.1) is 0 Å². The maximum absolute atomic E-state index is 13.7. The molecule has 0 radical (unpaired) electrons. The highest BCUT2D eigenvalue weighted by atomic mass is 79.9. The van der Waals surface area contributed by atoms with E-state index in [2.05, 4.69) is 20.7 Å². The fourth-order valence-corrected chi connectivity index (χ4v) is 3.63. The molecule has 0 atom stereocenters. The van der Waals surface area contributed by atoms with Crippen molar-refractivity contribution in [3.8, 4) is 0 Å². The highest BCUT2D eigenvalue weighted by molar-refractivity contribution is 9.10. The van der Waals surface area contributed by atoms with Gasteiger partial charge in [0.25, 0.3) is 15.7 Å². The van der Waals surface area contributed by atoms with Gasteiger partial charge in [0.15, 0.2) is 5.82 Å². The van der Waals surface area contributed by atoms with Gasteiger partial charge in [0.1, 0.15) is 4.90 Å². The molecule has 0 heterocycles. The Morgan fingerprint density at radius 1 is 1.19 bits per heavy atom. The van der Waals surface area contributed by atoms with E-state index >= 15 is 0 Å². The van der Waals surface area contributed by atoms with Gasteiger partial charge in [-0.3, -0.25) is 14.8 Å². The number of nitro groups is 1. The van der Waals surface area contributed by atoms with Crippen LogP contribution in [0.4, 0.5) is 15.8 Å². The summed E-state index contributed by atoms with van der Waals surface area (Å²) >= 11 is 3.09. The maximum atomic E-state index is 13.7. The summed E-state index contributed by atoms with van der Waals surface area (Å²) in [6.45, 7) is 0. The zero-order valence-corrected chi connectivity index (χ0v) is 12.7. The minimum atomic E-state index is -4.01. The lowest BCUT2D eigenvalue weighted by molar-refractivity contribution is -0.385. The van der Waals surface area contributed by atoms with Crippen LogP contribution in [-0.4, -0.2) is 13.3 Å². The van der Waals surface area contributed by atoms with Crippen LogP contribution in [0, 0.1) is 15.9 Å². The molecule has 0 aliphatic heterocycles. The van der Waals surface area contributed by atoms with E-state index in [1.165, 1.54) is 18.2 Å². The summed E-state index contributed by atoms with van der Waals surface area (Å²) in [4.78, 5) is 9.67. The summed E-state index contributed by atoms with van der Waals surface area (Å²) < 4.78 is 40.4. The number of anilines is 1. The molecular formula is C12H8BrFN2O4S. The fraction of sp³-hybridized carbons (Fsp3) is 0. The third kappa shape index (κ3) is 3.37. The Morgan fingerprint density at radius 2 is 1.86 bits per heavy atom. The Kier molecular flexibility index (Phi) is 4.24. The Labute approximate surface area is 127 Å². The van der Waals surface area contributed by atoms with Gasteiger partial charge in [0.05, 0.1) is 16.7 Å². The average Bonchev–Trinajstić information content (AvgIpc) is 2.41. The molecule has 0 aliphatic carbocycles. The van der Waals surface area contributed by atoms with Crippen molar-refractivity contribution in [1.82, 2.24) is 0 Å². The first kappa shape index (κ1) is 15.4. The summed E-state index contributed by atoms with van der Waals surface area (Å²) in [5.41, 5.74) is -0.826. The highest BCUT2D eigenvalue weighted by Gasteiger charge is 2.20. The molecule has 2 aromatic carbocycles.